The minimum atomic E-state index is 0.751. The lowest BCUT2D eigenvalue weighted by Crippen LogP contribution is -2.25. The van der Waals surface area contributed by atoms with Gasteiger partial charge in [-0.05, 0) is 61.3 Å². The Bertz CT molecular complexity index is 410. The van der Waals surface area contributed by atoms with E-state index in [4.69, 9.17) is 0 Å². The first-order chi connectivity index (χ1) is 8.28. The molecule has 2 aliphatic carbocycles. The molecule has 0 bridgehead atoms. The van der Waals surface area contributed by atoms with Crippen molar-refractivity contribution in [2.75, 3.05) is 5.32 Å². The summed E-state index contributed by atoms with van der Waals surface area (Å²) in [7, 11) is 0. The standard InChI is InChI=1S/C16H23N/c1-3-12-7-8-14(9-11(12)2)17-16-6-4-5-13-10-15(13)16/h7-9,13,15-17H,3-6,10H2,1-2H3. The largest absolute Gasteiger partial charge is 0.382 e. The Labute approximate surface area is 105 Å². The van der Waals surface area contributed by atoms with Gasteiger partial charge in [0.2, 0.25) is 0 Å². The second-order valence-electron chi connectivity index (χ2n) is 5.84. The summed E-state index contributed by atoms with van der Waals surface area (Å²) in [6.45, 7) is 4.45. The molecule has 0 radical (unpaired) electrons. The topological polar surface area (TPSA) is 12.0 Å². The smallest absolute Gasteiger partial charge is 0.0345 e. The van der Waals surface area contributed by atoms with Gasteiger partial charge in [0.15, 0.2) is 0 Å². The Hall–Kier alpha value is -0.980. The van der Waals surface area contributed by atoms with Gasteiger partial charge in [-0.25, -0.2) is 0 Å². The molecule has 2 saturated carbocycles. The quantitative estimate of drug-likeness (QED) is 0.820. The van der Waals surface area contributed by atoms with E-state index in [9.17, 15) is 0 Å². The SMILES string of the molecule is CCc1ccc(NC2CCCC3CC32)cc1C. The fourth-order valence-electron chi connectivity index (χ4n) is 3.49. The number of benzene rings is 1. The molecule has 2 fully saturated rings. The van der Waals surface area contributed by atoms with E-state index in [1.165, 1.54) is 42.5 Å². The number of nitrogens with one attached hydrogen (secondary N) is 1. The highest BCUT2D eigenvalue weighted by Gasteiger charge is 2.44. The van der Waals surface area contributed by atoms with Crippen LogP contribution in [-0.2, 0) is 6.42 Å². The zero-order valence-electron chi connectivity index (χ0n) is 11.0. The molecule has 1 nitrogen and oxygen atoms in total. The van der Waals surface area contributed by atoms with Crippen LogP contribution in [0.4, 0.5) is 5.69 Å². The molecule has 0 aliphatic heterocycles. The number of aryl methyl sites for hydroxylation is 2. The van der Waals surface area contributed by atoms with Crippen LogP contribution in [0.25, 0.3) is 0 Å². The Balaban J connectivity index is 1.70. The van der Waals surface area contributed by atoms with Gasteiger partial charge < -0.3 is 5.32 Å². The van der Waals surface area contributed by atoms with Crippen LogP contribution in [0.2, 0.25) is 0 Å². The first-order valence-electron chi connectivity index (χ1n) is 7.14. The van der Waals surface area contributed by atoms with E-state index in [0.29, 0.717) is 0 Å². The molecular weight excluding hydrogens is 206 g/mol. The van der Waals surface area contributed by atoms with Crippen LogP contribution in [0.3, 0.4) is 0 Å². The van der Waals surface area contributed by atoms with Crippen molar-refractivity contribution in [3.8, 4) is 0 Å². The van der Waals surface area contributed by atoms with Gasteiger partial charge in [0.1, 0.15) is 0 Å². The predicted octanol–water partition coefficient (Wildman–Crippen LogP) is 4.16. The molecule has 0 aromatic heterocycles. The number of hydrogen-bond acceptors (Lipinski definition) is 1. The third-order valence-corrected chi connectivity index (χ3v) is 4.66. The van der Waals surface area contributed by atoms with Crippen molar-refractivity contribution in [3.05, 3.63) is 29.3 Å². The number of fused-ring (bicyclic) bond motifs is 1. The maximum Gasteiger partial charge on any atom is 0.0345 e. The number of rotatable bonds is 3. The molecule has 3 atom stereocenters. The first-order valence-corrected chi connectivity index (χ1v) is 7.14. The molecule has 1 aromatic rings. The fraction of sp³-hybridized carbons (Fsp3) is 0.625. The van der Waals surface area contributed by atoms with Crippen LogP contribution < -0.4 is 5.32 Å². The summed E-state index contributed by atoms with van der Waals surface area (Å²) in [5.74, 6) is 2.03. The average Bonchev–Trinajstić information content (AvgIpc) is 3.09. The third-order valence-electron chi connectivity index (χ3n) is 4.66. The van der Waals surface area contributed by atoms with Gasteiger partial charge >= 0.3 is 0 Å². The monoisotopic (exact) mass is 229 g/mol. The molecule has 1 N–H and O–H groups in total. The summed E-state index contributed by atoms with van der Waals surface area (Å²) in [4.78, 5) is 0. The zero-order chi connectivity index (χ0) is 11.8. The van der Waals surface area contributed by atoms with Gasteiger partial charge in [0, 0.05) is 11.7 Å². The van der Waals surface area contributed by atoms with Crippen LogP contribution in [0.5, 0.6) is 0 Å². The summed E-state index contributed by atoms with van der Waals surface area (Å²) in [5, 5.41) is 3.76. The first kappa shape index (κ1) is 11.1. The number of hydrogen-bond donors (Lipinski definition) is 1. The molecule has 2 aliphatic rings. The van der Waals surface area contributed by atoms with E-state index in [2.05, 4.69) is 37.4 Å². The van der Waals surface area contributed by atoms with Crippen molar-refractivity contribution in [1.29, 1.82) is 0 Å². The summed E-state index contributed by atoms with van der Waals surface area (Å²) < 4.78 is 0. The molecule has 1 aromatic carbocycles. The molecule has 0 amide bonds. The van der Waals surface area contributed by atoms with Crippen LogP contribution in [0.15, 0.2) is 18.2 Å². The Morgan fingerprint density at radius 1 is 1.29 bits per heavy atom. The maximum atomic E-state index is 3.76. The lowest BCUT2D eigenvalue weighted by molar-refractivity contribution is 0.440. The van der Waals surface area contributed by atoms with E-state index in [-0.39, 0.29) is 0 Å². The van der Waals surface area contributed by atoms with E-state index in [0.717, 1.165) is 24.3 Å². The highest BCUT2D eigenvalue weighted by Crippen LogP contribution is 2.50. The molecule has 0 spiro atoms. The summed E-state index contributed by atoms with van der Waals surface area (Å²) in [5.41, 5.74) is 4.24. The van der Waals surface area contributed by atoms with E-state index in [1.807, 2.05) is 0 Å². The fourth-order valence-corrected chi connectivity index (χ4v) is 3.49. The van der Waals surface area contributed by atoms with Crippen LogP contribution in [-0.4, -0.2) is 6.04 Å². The van der Waals surface area contributed by atoms with E-state index in [1.54, 1.807) is 0 Å². The average molecular weight is 229 g/mol. The maximum absolute atomic E-state index is 3.76. The third kappa shape index (κ3) is 2.20. The minimum Gasteiger partial charge on any atom is -0.382 e. The van der Waals surface area contributed by atoms with Crippen molar-refractivity contribution in [3.63, 3.8) is 0 Å². The van der Waals surface area contributed by atoms with Gasteiger partial charge in [-0.3, -0.25) is 0 Å². The Morgan fingerprint density at radius 2 is 2.18 bits per heavy atom. The van der Waals surface area contributed by atoms with Crippen LogP contribution >= 0.6 is 0 Å². The molecule has 3 unspecified atom stereocenters. The van der Waals surface area contributed by atoms with E-state index >= 15 is 0 Å². The summed E-state index contributed by atoms with van der Waals surface area (Å²) in [6.07, 6.45) is 6.89. The van der Waals surface area contributed by atoms with Crippen molar-refractivity contribution in [2.24, 2.45) is 11.8 Å². The highest BCUT2D eigenvalue weighted by molar-refractivity contribution is 5.49. The van der Waals surface area contributed by atoms with Crippen LogP contribution in [0.1, 0.15) is 43.7 Å². The Morgan fingerprint density at radius 3 is 2.94 bits per heavy atom. The van der Waals surface area contributed by atoms with Crippen molar-refractivity contribution < 1.29 is 0 Å². The van der Waals surface area contributed by atoms with E-state index < -0.39 is 0 Å². The van der Waals surface area contributed by atoms with Gasteiger partial charge in [-0.1, -0.05) is 25.8 Å². The summed E-state index contributed by atoms with van der Waals surface area (Å²) in [6, 6.07) is 7.62. The Kier molecular flexibility index (Phi) is 2.85. The normalized spacial score (nSPS) is 30.8. The lowest BCUT2D eigenvalue weighted by atomic mass is 9.95. The summed E-state index contributed by atoms with van der Waals surface area (Å²) >= 11 is 0. The molecule has 17 heavy (non-hydrogen) atoms. The number of anilines is 1. The van der Waals surface area contributed by atoms with Crippen molar-refractivity contribution >= 4 is 5.69 Å². The molecule has 0 heterocycles. The van der Waals surface area contributed by atoms with Gasteiger partial charge in [0.05, 0.1) is 0 Å². The van der Waals surface area contributed by atoms with Crippen molar-refractivity contribution in [2.45, 2.75) is 52.0 Å². The van der Waals surface area contributed by atoms with Crippen molar-refractivity contribution in [1.82, 2.24) is 0 Å². The van der Waals surface area contributed by atoms with Gasteiger partial charge in [-0.2, -0.15) is 0 Å². The van der Waals surface area contributed by atoms with Gasteiger partial charge in [-0.15, -0.1) is 0 Å². The van der Waals surface area contributed by atoms with Gasteiger partial charge in [0.25, 0.3) is 0 Å². The predicted molar refractivity (Wildman–Crippen MR) is 73.4 cm³/mol. The zero-order valence-corrected chi connectivity index (χ0v) is 11.0. The highest BCUT2D eigenvalue weighted by atomic mass is 14.9. The molecule has 3 rings (SSSR count). The minimum absolute atomic E-state index is 0.751. The second kappa shape index (κ2) is 4.36. The van der Waals surface area contributed by atoms with Crippen LogP contribution in [0, 0.1) is 18.8 Å². The second-order valence-corrected chi connectivity index (χ2v) is 5.84. The molecule has 92 valence electrons. The molecule has 0 saturated heterocycles. The molecular formula is C16H23N. The molecule has 1 heteroatoms. The lowest BCUT2D eigenvalue weighted by Gasteiger charge is -2.24.